The molecule has 1 heteroatoms. The first-order valence-corrected chi connectivity index (χ1v) is 20.2. The summed E-state index contributed by atoms with van der Waals surface area (Å²) in [5, 5.41) is 2.15. The number of benzene rings is 10. The maximum Gasteiger partial charge on any atom is 0.0645 e. The summed E-state index contributed by atoms with van der Waals surface area (Å²) < 4.78 is 155. The minimum Gasteiger partial charge on any atom is -0.311 e. The molecule has 0 amide bonds. The van der Waals surface area contributed by atoms with E-state index < -0.39 is 142 Å². The highest BCUT2D eigenvalue weighted by molar-refractivity contribution is 5.97. The summed E-state index contributed by atoms with van der Waals surface area (Å²) >= 11 is 0. The average Bonchev–Trinajstić information content (AvgIpc) is 3.63. The molecule has 0 N–H and O–H groups in total. The Morgan fingerprint density at radius 2 is 0.871 bits per heavy atom. The van der Waals surface area contributed by atoms with Gasteiger partial charge in [0.15, 0.2) is 0 Å². The van der Waals surface area contributed by atoms with Crippen molar-refractivity contribution < 1.29 is 23.3 Å². The van der Waals surface area contributed by atoms with E-state index in [1.165, 1.54) is 0 Å². The van der Waals surface area contributed by atoms with Gasteiger partial charge in [-0.1, -0.05) is 208 Å². The number of hydrogen-bond donors (Lipinski definition) is 0. The molecule has 0 atom stereocenters. The topological polar surface area (TPSA) is 3.24 Å². The van der Waals surface area contributed by atoms with E-state index in [1.807, 2.05) is 111 Å². The summed E-state index contributed by atoms with van der Waals surface area (Å²) in [6.07, 6.45) is 0. The van der Waals surface area contributed by atoms with E-state index in [-0.39, 0.29) is 11.3 Å². The lowest BCUT2D eigenvalue weighted by Crippen LogP contribution is -2.16. The van der Waals surface area contributed by atoms with Gasteiger partial charge in [0.05, 0.1) is 23.3 Å². The van der Waals surface area contributed by atoms with Crippen molar-refractivity contribution in [1.82, 2.24) is 0 Å². The molecule has 62 heavy (non-hydrogen) atoms. The lowest BCUT2D eigenvalue weighted by Gasteiger charge is -2.27. The van der Waals surface area contributed by atoms with Gasteiger partial charge in [0.2, 0.25) is 0 Å². The Morgan fingerprint density at radius 3 is 1.60 bits per heavy atom. The molecule has 0 unspecified atom stereocenters. The van der Waals surface area contributed by atoms with E-state index in [0.29, 0.717) is 5.56 Å². The SMILES string of the molecule is [2H]c1c([2H])c([2H])c(-c2c([2H])c([2H])c(-c3c([2H])c([2H])c(N(c4ccc(-c5cccc(-c6cccc7ccccc67)c5)cc4)c4c([2H])c([2H])c(-c5cccc6c5C(C)(C)c5ccccc5-6)c([2H])c4[2H])c([2H])c3[2H])c([2H])c2[2H])c([2H])c1[2H]. The Kier molecular flexibility index (Phi) is 5.78. The fourth-order valence-electron chi connectivity index (χ4n) is 8.61. The Balaban J connectivity index is 1.12. The Hall–Kier alpha value is -7.74. The molecule has 0 saturated carbocycles. The molecule has 1 aliphatic rings. The van der Waals surface area contributed by atoms with E-state index in [0.717, 1.165) is 60.2 Å². The fraction of sp³-hybridized carbons (Fsp3) is 0.0492. The third-order valence-corrected chi connectivity index (χ3v) is 11.6. The molecule has 0 aliphatic heterocycles. The van der Waals surface area contributed by atoms with Crippen molar-refractivity contribution in [2.45, 2.75) is 19.3 Å². The quantitative estimate of drug-likeness (QED) is 0.148. The van der Waals surface area contributed by atoms with Crippen LogP contribution in [0.1, 0.15) is 48.3 Å². The number of nitrogens with zero attached hydrogens (tertiary/aromatic N) is 1. The van der Waals surface area contributed by atoms with Gasteiger partial charge in [0.1, 0.15) is 0 Å². The normalized spacial score (nSPS) is 16.3. The molecule has 0 saturated heterocycles. The third-order valence-electron chi connectivity index (χ3n) is 11.6. The molecule has 0 heterocycles. The van der Waals surface area contributed by atoms with Gasteiger partial charge in [-0.3, -0.25) is 0 Å². The zero-order valence-electron chi connectivity index (χ0n) is 50.6. The lowest BCUT2D eigenvalue weighted by atomic mass is 9.79. The third kappa shape index (κ3) is 6.60. The summed E-state index contributed by atoms with van der Waals surface area (Å²) in [6, 6.07) is 29.7. The molecular weight excluding hydrogens is 747 g/mol. The van der Waals surface area contributed by atoms with Gasteiger partial charge in [-0.05, 0) is 131 Å². The molecule has 0 radical (unpaired) electrons. The largest absolute Gasteiger partial charge is 0.311 e. The molecule has 0 spiro atoms. The second-order valence-corrected chi connectivity index (χ2v) is 15.6. The average molecular weight is 809 g/mol. The van der Waals surface area contributed by atoms with Crippen LogP contribution in [-0.2, 0) is 5.41 Å². The highest BCUT2D eigenvalue weighted by Gasteiger charge is 2.37. The lowest BCUT2D eigenvalue weighted by molar-refractivity contribution is 0.662. The van der Waals surface area contributed by atoms with Crippen molar-refractivity contribution >= 4 is 27.8 Å². The van der Waals surface area contributed by atoms with E-state index in [2.05, 4.69) is 6.07 Å². The molecule has 1 aliphatic carbocycles. The van der Waals surface area contributed by atoms with Gasteiger partial charge in [0.25, 0.3) is 0 Å². The first kappa shape index (κ1) is 23.3. The standard InChI is InChI=1S/C61H45N/c1-61(2)59-24-9-8-20-57(59)58-23-12-22-56(60(58)61)48-33-39-53(40-34-48)62(51-35-29-45(30-36-51)44-27-25-43(26-28-44)42-13-4-3-5-14-42)52-37-31-46(32-38-52)49-17-10-18-50(41-49)55-21-11-16-47-15-6-7-19-54(47)55/h3-41H,1-2H3/i3D,4D,5D,13D,14D,25D,26D,27D,28D,29D,30D,33D,34D,35D,36D,39D,40D. The fourth-order valence-corrected chi connectivity index (χ4v) is 8.61. The van der Waals surface area contributed by atoms with Gasteiger partial charge in [0, 0.05) is 22.5 Å². The van der Waals surface area contributed by atoms with Crippen molar-refractivity contribution in [1.29, 1.82) is 0 Å². The molecule has 1 nitrogen and oxygen atoms in total. The summed E-state index contributed by atoms with van der Waals surface area (Å²) in [6.45, 7) is 4.09. The molecule has 294 valence electrons. The molecule has 11 rings (SSSR count). The number of hydrogen-bond acceptors (Lipinski definition) is 1. The van der Waals surface area contributed by atoms with Crippen LogP contribution in [0.4, 0.5) is 17.1 Å². The van der Waals surface area contributed by atoms with Gasteiger partial charge in [-0.15, -0.1) is 0 Å². The maximum atomic E-state index is 9.80. The van der Waals surface area contributed by atoms with Crippen LogP contribution in [0.5, 0.6) is 0 Å². The van der Waals surface area contributed by atoms with E-state index in [9.17, 15) is 11.0 Å². The molecule has 0 fully saturated rings. The van der Waals surface area contributed by atoms with Gasteiger partial charge in [-0.25, -0.2) is 0 Å². The summed E-state index contributed by atoms with van der Waals surface area (Å²) in [5.74, 6) is 0. The van der Waals surface area contributed by atoms with Gasteiger partial charge < -0.3 is 4.90 Å². The summed E-state index contributed by atoms with van der Waals surface area (Å²) in [4.78, 5) is 1.15. The van der Waals surface area contributed by atoms with Crippen molar-refractivity contribution in [2.75, 3.05) is 4.90 Å². The molecular formula is C61H45N. The van der Waals surface area contributed by atoms with E-state index in [1.54, 1.807) is 30.3 Å². The molecule has 10 aromatic carbocycles. The summed E-state index contributed by atoms with van der Waals surface area (Å²) in [5.41, 5.74) is 3.80. The minimum absolute atomic E-state index is 0.0168. The van der Waals surface area contributed by atoms with Crippen molar-refractivity contribution in [2.24, 2.45) is 0 Å². The number of rotatable bonds is 8. The molecule has 0 aromatic heterocycles. The first-order valence-electron chi connectivity index (χ1n) is 28.7. The smallest absolute Gasteiger partial charge is 0.0645 e. The van der Waals surface area contributed by atoms with Crippen LogP contribution < -0.4 is 4.90 Å². The van der Waals surface area contributed by atoms with Crippen molar-refractivity contribution in [3.05, 3.63) is 247 Å². The Bertz CT molecular complexity index is 4140. The Labute approximate surface area is 388 Å². The van der Waals surface area contributed by atoms with Crippen LogP contribution in [0.3, 0.4) is 0 Å². The molecule has 10 aromatic rings. The van der Waals surface area contributed by atoms with Gasteiger partial charge >= 0.3 is 0 Å². The highest BCUT2D eigenvalue weighted by Crippen LogP contribution is 2.52. The maximum absolute atomic E-state index is 9.80. The highest BCUT2D eigenvalue weighted by atomic mass is 15.1. The number of anilines is 3. The second kappa shape index (κ2) is 15.4. The second-order valence-electron chi connectivity index (χ2n) is 15.6. The monoisotopic (exact) mass is 808 g/mol. The number of fused-ring (bicyclic) bond motifs is 4. The van der Waals surface area contributed by atoms with E-state index in [4.69, 9.17) is 12.3 Å². The van der Waals surface area contributed by atoms with Crippen molar-refractivity contribution in [3.8, 4) is 66.8 Å². The summed E-state index contributed by atoms with van der Waals surface area (Å²) in [7, 11) is 0. The van der Waals surface area contributed by atoms with Crippen LogP contribution in [0.15, 0.2) is 236 Å². The van der Waals surface area contributed by atoms with E-state index >= 15 is 0 Å². The molecule has 0 bridgehead atoms. The van der Waals surface area contributed by atoms with Crippen LogP contribution in [0.2, 0.25) is 0 Å². The van der Waals surface area contributed by atoms with Gasteiger partial charge in [-0.2, -0.15) is 0 Å². The zero-order valence-corrected chi connectivity index (χ0v) is 33.6. The Morgan fingerprint density at radius 1 is 0.355 bits per heavy atom. The van der Waals surface area contributed by atoms with Crippen molar-refractivity contribution in [3.63, 3.8) is 0 Å². The van der Waals surface area contributed by atoms with Crippen LogP contribution in [0.25, 0.3) is 77.5 Å². The zero-order chi connectivity index (χ0) is 56.4. The van der Waals surface area contributed by atoms with Crippen LogP contribution in [0, 0.1) is 0 Å². The van der Waals surface area contributed by atoms with Crippen LogP contribution >= 0.6 is 0 Å². The minimum atomic E-state index is -0.873. The predicted octanol–water partition coefficient (Wildman–Crippen LogP) is 17.0. The predicted molar refractivity (Wildman–Crippen MR) is 263 cm³/mol. The van der Waals surface area contributed by atoms with Crippen LogP contribution in [-0.4, -0.2) is 0 Å². The first-order chi connectivity index (χ1) is 37.6.